The molecule has 0 aromatic heterocycles. The third-order valence-electron chi connectivity index (χ3n) is 5.23. The van der Waals surface area contributed by atoms with E-state index in [0.717, 1.165) is 43.0 Å². The van der Waals surface area contributed by atoms with E-state index in [1.807, 2.05) is 37.4 Å². The molecule has 0 radical (unpaired) electrons. The second-order valence-corrected chi connectivity index (χ2v) is 9.31. The van der Waals surface area contributed by atoms with Crippen molar-refractivity contribution in [3.05, 3.63) is 76.9 Å². The number of likely N-dealkylation sites (tertiary alicyclic amines) is 1. The van der Waals surface area contributed by atoms with E-state index in [-0.39, 0.29) is 29.7 Å². The molecule has 2 aromatic carbocycles. The van der Waals surface area contributed by atoms with Crippen LogP contribution < -0.4 is 10.0 Å². The van der Waals surface area contributed by atoms with Gasteiger partial charge in [0, 0.05) is 26.7 Å². The second kappa shape index (κ2) is 12.2. The van der Waals surface area contributed by atoms with Crippen LogP contribution in [0, 0.1) is 0 Å². The number of piperidine rings is 1. The quantitative estimate of drug-likeness (QED) is 0.325. The van der Waals surface area contributed by atoms with Crippen molar-refractivity contribution in [2.45, 2.75) is 25.1 Å². The third kappa shape index (κ3) is 7.93. The van der Waals surface area contributed by atoms with Crippen molar-refractivity contribution < 1.29 is 8.42 Å². The molecule has 1 heterocycles. The van der Waals surface area contributed by atoms with Crippen LogP contribution in [0.15, 0.2) is 65.2 Å². The van der Waals surface area contributed by atoms with Crippen molar-refractivity contribution in [2.24, 2.45) is 4.99 Å². The summed E-state index contributed by atoms with van der Waals surface area (Å²) in [5.41, 5.74) is 4.59. The molecule has 8 heteroatoms. The number of sulfonamides is 1. The van der Waals surface area contributed by atoms with E-state index in [9.17, 15) is 8.42 Å². The first kappa shape index (κ1) is 25.4. The highest BCUT2D eigenvalue weighted by atomic mass is 127. The normalized spacial score (nSPS) is 14.7. The van der Waals surface area contributed by atoms with Gasteiger partial charge in [-0.3, -0.25) is 4.99 Å². The summed E-state index contributed by atoms with van der Waals surface area (Å²) in [7, 11) is -0.0105. The fraction of sp³-hybridized carbons (Fsp3) is 0.348. The average molecular weight is 554 g/mol. The molecular formula is C23H31IN4O2S. The maximum Gasteiger partial charge on any atom is 0.215 e. The molecule has 0 unspecified atom stereocenters. The maximum atomic E-state index is 11.7. The largest absolute Gasteiger partial charge is 0.352 e. The minimum Gasteiger partial charge on any atom is -0.352 e. The maximum absolute atomic E-state index is 11.7. The predicted octanol–water partition coefficient (Wildman–Crippen LogP) is 3.61. The van der Waals surface area contributed by atoms with Crippen LogP contribution in [0.2, 0.25) is 0 Å². The van der Waals surface area contributed by atoms with E-state index < -0.39 is 10.0 Å². The van der Waals surface area contributed by atoms with Crippen molar-refractivity contribution in [2.75, 3.05) is 27.2 Å². The van der Waals surface area contributed by atoms with Crippen molar-refractivity contribution in [1.82, 2.24) is 14.9 Å². The number of nitrogens with zero attached hydrogens (tertiary/aromatic N) is 2. The summed E-state index contributed by atoms with van der Waals surface area (Å²) in [6, 6.07) is 18.1. The Bertz CT molecular complexity index is 980. The molecule has 3 rings (SSSR count). The molecule has 2 N–H and O–H groups in total. The van der Waals surface area contributed by atoms with Gasteiger partial charge < -0.3 is 10.2 Å². The summed E-state index contributed by atoms with van der Waals surface area (Å²) in [5, 5.41) is 3.42. The van der Waals surface area contributed by atoms with E-state index in [2.05, 4.69) is 50.3 Å². The highest BCUT2D eigenvalue weighted by Crippen LogP contribution is 2.19. The summed E-state index contributed by atoms with van der Waals surface area (Å²) in [5.74, 6) is 0.890. The van der Waals surface area contributed by atoms with Gasteiger partial charge in [-0.15, -0.1) is 24.0 Å². The lowest BCUT2D eigenvalue weighted by molar-refractivity contribution is 0.375. The summed E-state index contributed by atoms with van der Waals surface area (Å²) < 4.78 is 25.7. The smallest absolute Gasteiger partial charge is 0.215 e. The minimum absolute atomic E-state index is 0. The van der Waals surface area contributed by atoms with Crippen LogP contribution in [0.3, 0.4) is 0 Å². The van der Waals surface area contributed by atoms with Gasteiger partial charge in [0.25, 0.3) is 0 Å². The highest BCUT2D eigenvalue weighted by molar-refractivity contribution is 14.0. The Morgan fingerprint density at radius 3 is 2.23 bits per heavy atom. The molecule has 6 nitrogen and oxygen atoms in total. The Morgan fingerprint density at radius 1 is 1.03 bits per heavy atom. The summed E-state index contributed by atoms with van der Waals surface area (Å²) in [4.78, 5) is 6.73. The lowest BCUT2D eigenvalue weighted by Gasteiger charge is -2.31. The summed E-state index contributed by atoms with van der Waals surface area (Å²) in [6.07, 6.45) is 4.36. The zero-order valence-corrected chi connectivity index (χ0v) is 21.2. The molecule has 168 valence electrons. The van der Waals surface area contributed by atoms with Crippen molar-refractivity contribution in [3.8, 4) is 0 Å². The number of guanidine groups is 1. The first-order chi connectivity index (χ1) is 14.5. The number of nitrogens with one attached hydrogen (secondary N) is 2. The van der Waals surface area contributed by atoms with Gasteiger partial charge in [-0.1, -0.05) is 66.2 Å². The van der Waals surface area contributed by atoms with Gasteiger partial charge in [0.1, 0.15) is 0 Å². The Hall–Kier alpha value is -1.91. The molecule has 1 aliphatic heterocycles. The predicted molar refractivity (Wildman–Crippen MR) is 139 cm³/mol. The van der Waals surface area contributed by atoms with Crippen LogP contribution in [-0.4, -0.2) is 46.5 Å². The SMILES string of the molecule is CN=C(NCc1ccc(CS(=O)(=O)NC)cc1)N1CCC(=Cc2ccccc2)CC1.I. The molecule has 1 fully saturated rings. The molecule has 0 saturated carbocycles. The molecule has 0 atom stereocenters. The molecule has 0 bridgehead atoms. The van der Waals surface area contributed by atoms with E-state index in [0.29, 0.717) is 6.54 Å². The molecule has 2 aromatic rings. The number of aliphatic imine (C=N–C) groups is 1. The Balaban J connectivity index is 0.00000341. The van der Waals surface area contributed by atoms with E-state index in [1.165, 1.54) is 18.2 Å². The highest BCUT2D eigenvalue weighted by Gasteiger charge is 2.17. The van der Waals surface area contributed by atoms with Crippen LogP contribution >= 0.6 is 24.0 Å². The Kier molecular flexibility index (Phi) is 9.98. The van der Waals surface area contributed by atoms with Gasteiger partial charge in [0.15, 0.2) is 5.96 Å². The van der Waals surface area contributed by atoms with Gasteiger partial charge in [-0.2, -0.15) is 0 Å². The number of benzene rings is 2. The number of rotatable bonds is 6. The van der Waals surface area contributed by atoms with Gasteiger partial charge in [0.2, 0.25) is 10.0 Å². The van der Waals surface area contributed by atoms with E-state index in [1.54, 1.807) is 0 Å². The van der Waals surface area contributed by atoms with Crippen LogP contribution in [0.1, 0.15) is 29.5 Å². The molecule has 0 spiro atoms. The van der Waals surface area contributed by atoms with Gasteiger partial charge in [-0.05, 0) is 36.6 Å². The average Bonchev–Trinajstić information content (AvgIpc) is 2.77. The lowest BCUT2D eigenvalue weighted by Crippen LogP contribution is -2.44. The Morgan fingerprint density at radius 2 is 1.65 bits per heavy atom. The van der Waals surface area contributed by atoms with Crippen LogP contribution in [0.25, 0.3) is 6.08 Å². The summed E-state index contributed by atoms with van der Waals surface area (Å²) >= 11 is 0. The standard InChI is InChI=1S/C23H30N4O2S.HI/c1-24-23(26-17-21-8-10-22(11-9-21)18-30(28,29)25-2)27-14-12-20(13-15-27)16-19-6-4-3-5-7-19;/h3-11,16,25H,12-15,17-18H2,1-2H3,(H,24,26);1H. The monoisotopic (exact) mass is 554 g/mol. The van der Waals surface area contributed by atoms with Crippen LogP contribution in [-0.2, 0) is 22.3 Å². The Labute approximate surface area is 202 Å². The van der Waals surface area contributed by atoms with Crippen LogP contribution in [0.5, 0.6) is 0 Å². The molecule has 0 aliphatic carbocycles. The molecular weight excluding hydrogens is 523 g/mol. The number of hydrogen-bond acceptors (Lipinski definition) is 3. The first-order valence-corrected chi connectivity index (χ1v) is 11.8. The molecule has 0 amide bonds. The van der Waals surface area contributed by atoms with Crippen molar-refractivity contribution in [1.29, 1.82) is 0 Å². The van der Waals surface area contributed by atoms with Gasteiger partial charge in [0.05, 0.1) is 5.75 Å². The summed E-state index contributed by atoms with van der Waals surface area (Å²) in [6.45, 7) is 2.53. The zero-order valence-electron chi connectivity index (χ0n) is 18.0. The van der Waals surface area contributed by atoms with Crippen LogP contribution in [0.4, 0.5) is 0 Å². The second-order valence-electron chi connectivity index (χ2n) is 7.38. The number of hydrogen-bond donors (Lipinski definition) is 2. The van der Waals surface area contributed by atoms with Crippen molar-refractivity contribution >= 4 is 46.0 Å². The fourth-order valence-electron chi connectivity index (χ4n) is 3.49. The lowest BCUT2D eigenvalue weighted by atomic mass is 10.0. The van der Waals surface area contributed by atoms with Gasteiger partial charge >= 0.3 is 0 Å². The van der Waals surface area contributed by atoms with Gasteiger partial charge in [-0.25, -0.2) is 13.1 Å². The number of halogens is 1. The minimum atomic E-state index is -3.25. The first-order valence-electron chi connectivity index (χ1n) is 10.2. The van der Waals surface area contributed by atoms with Crippen molar-refractivity contribution in [3.63, 3.8) is 0 Å². The topological polar surface area (TPSA) is 73.8 Å². The third-order valence-corrected chi connectivity index (χ3v) is 6.56. The van der Waals surface area contributed by atoms with E-state index in [4.69, 9.17) is 0 Å². The fourth-order valence-corrected chi connectivity index (χ4v) is 4.27. The zero-order chi connectivity index (χ0) is 21.4. The molecule has 1 saturated heterocycles. The molecule has 31 heavy (non-hydrogen) atoms. The van der Waals surface area contributed by atoms with E-state index >= 15 is 0 Å². The molecule has 1 aliphatic rings.